The van der Waals surface area contributed by atoms with E-state index >= 15 is 0 Å². The second kappa shape index (κ2) is 5.62. The molecule has 0 aliphatic heterocycles. The van der Waals surface area contributed by atoms with Crippen molar-refractivity contribution in [1.29, 1.82) is 0 Å². The van der Waals surface area contributed by atoms with Crippen LogP contribution in [0.15, 0.2) is 18.2 Å². The standard InChI is InChI=1S/C11H9BrF4O/c1-5(12)9(17)6-2-7(10(13)14)4-8(3-6)11(15)16/h2-5,10-11H,1H3. The third kappa shape index (κ3) is 3.52. The highest BCUT2D eigenvalue weighted by molar-refractivity contribution is 9.10. The minimum Gasteiger partial charge on any atom is -0.293 e. The first-order valence-electron chi connectivity index (χ1n) is 4.72. The van der Waals surface area contributed by atoms with Crippen molar-refractivity contribution in [2.75, 3.05) is 0 Å². The maximum Gasteiger partial charge on any atom is 0.263 e. The van der Waals surface area contributed by atoms with Gasteiger partial charge in [-0.15, -0.1) is 0 Å². The van der Waals surface area contributed by atoms with Crippen molar-refractivity contribution >= 4 is 21.7 Å². The van der Waals surface area contributed by atoms with Crippen molar-refractivity contribution in [3.8, 4) is 0 Å². The van der Waals surface area contributed by atoms with Gasteiger partial charge in [0.25, 0.3) is 12.9 Å². The first-order chi connectivity index (χ1) is 7.82. The molecule has 0 heterocycles. The van der Waals surface area contributed by atoms with Crippen molar-refractivity contribution in [3.05, 3.63) is 34.9 Å². The number of Topliss-reactive ketones (excluding diaryl/α,β-unsaturated/α-hetero) is 1. The van der Waals surface area contributed by atoms with Gasteiger partial charge in [-0.1, -0.05) is 15.9 Å². The Hall–Kier alpha value is -0.910. The van der Waals surface area contributed by atoms with Crippen LogP contribution in [0, 0.1) is 0 Å². The molecular formula is C11H9BrF4O. The van der Waals surface area contributed by atoms with Gasteiger partial charge in [0, 0.05) is 16.7 Å². The first kappa shape index (κ1) is 14.2. The highest BCUT2D eigenvalue weighted by Gasteiger charge is 2.19. The SMILES string of the molecule is CC(Br)C(=O)c1cc(C(F)F)cc(C(F)F)c1. The topological polar surface area (TPSA) is 17.1 Å². The summed E-state index contributed by atoms with van der Waals surface area (Å²) in [5, 5.41) is 0. The molecule has 0 radical (unpaired) electrons. The van der Waals surface area contributed by atoms with E-state index in [9.17, 15) is 22.4 Å². The minimum atomic E-state index is -2.88. The van der Waals surface area contributed by atoms with Crippen LogP contribution in [0.3, 0.4) is 0 Å². The molecule has 0 aliphatic carbocycles. The quantitative estimate of drug-likeness (QED) is 0.453. The molecule has 6 heteroatoms. The van der Waals surface area contributed by atoms with Crippen LogP contribution in [-0.2, 0) is 0 Å². The van der Waals surface area contributed by atoms with Gasteiger partial charge in [0.1, 0.15) is 0 Å². The predicted molar refractivity (Wildman–Crippen MR) is 59.1 cm³/mol. The smallest absolute Gasteiger partial charge is 0.263 e. The molecule has 1 rings (SSSR count). The molecule has 1 unspecified atom stereocenters. The number of rotatable bonds is 4. The Morgan fingerprint density at radius 1 is 1.06 bits per heavy atom. The number of carbonyl (C=O) groups excluding carboxylic acids is 1. The molecule has 0 bridgehead atoms. The van der Waals surface area contributed by atoms with Crippen LogP contribution in [0.1, 0.15) is 41.3 Å². The maximum atomic E-state index is 12.5. The monoisotopic (exact) mass is 312 g/mol. The Kier molecular flexibility index (Phi) is 4.68. The van der Waals surface area contributed by atoms with E-state index in [0.29, 0.717) is 6.07 Å². The summed E-state index contributed by atoms with van der Waals surface area (Å²) >= 11 is 2.98. The zero-order valence-electron chi connectivity index (χ0n) is 8.76. The summed E-state index contributed by atoms with van der Waals surface area (Å²) in [6.07, 6.45) is -5.77. The molecule has 0 aromatic heterocycles. The van der Waals surface area contributed by atoms with Gasteiger partial charge in [-0.25, -0.2) is 17.6 Å². The van der Waals surface area contributed by atoms with Crippen LogP contribution >= 0.6 is 15.9 Å². The fourth-order valence-corrected chi connectivity index (χ4v) is 1.56. The van der Waals surface area contributed by atoms with Gasteiger partial charge in [-0.2, -0.15) is 0 Å². The summed E-state index contributed by atoms with van der Waals surface area (Å²) in [5.74, 6) is -0.505. The number of ketones is 1. The van der Waals surface area contributed by atoms with Crippen LogP contribution < -0.4 is 0 Å². The molecule has 17 heavy (non-hydrogen) atoms. The van der Waals surface area contributed by atoms with Crippen molar-refractivity contribution < 1.29 is 22.4 Å². The second-order valence-corrected chi connectivity index (χ2v) is 4.84. The van der Waals surface area contributed by atoms with E-state index in [-0.39, 0.29) is 5.56 Å². The van der Waals surface area contributed by atoms with Crippen LogP contribution in [0.25, 0.3) is 0 Å². The fraction of sp³-hybridized carbons (Fsp3) is 0.364. The van der Waals surface area contributed by atoms with Crippen molar-refractivity contribution in [2.45, 2.75) is 24.6 Å². The Morgan fingerprint density at radius 2 is 1.47 bits per heavy atom. The largest absolute Gasteiger partial charge is 0.293 e. The zero-order chi connectivity index (χ0) is 13.2. The summed E-state index contributed by atoms with van der Waals surface area (Å²) in [7, 11) is 0. The minimum absolute atomic E-state index is 0.137. The molecule has 0 saturated heterocycles. The van der Waals surface area contributed by atoms with Gasteiger partial charge >= 0.3 is 0 Å². The summed E-state index contributed by atoms with van der Waals surface area (Å²) in [5.41, 5.74) is -1.28. The van der Waals surface area contributed by atoms with Gasteiger partial charge in [0.2, 0.25) is 0 Å². The van der Waals surface area contributed by atoms with Gasteiger partial charge in [0.05, 0.1) is 4.83 Å². The van der Waals surface area contributed by atoms with E-state index in [1.165, 1.54) is 6.92 Å². The molecule has 0 fully saturated rings. The Balaban J connectivity index is 3.26. The van der Waals surface area contributed by atoms with Crippen molar-refractivity contribution in [1.82, 2.24) is 0 Å². The number of carbonyl (C=O) groups is 1. The second-order valence-electron chi connectivity index (χ2n) is 3.47. The third-order valence-electron chi connectivity index (χ3n) is 2.13. The maximum absolute atomic E-state index is 12.5. The third-order valence-corrected chi connectivity index (χ3v) is 2.54. The molecule has 1 aromatic rings. The lowest BCUT2D eigenvalue weighted by Crippen LogP contribution is -2.11. The molecule has 0 spiro atoms. The molecule has 1 aromatic carbocycles. The Bertz CT molecular complexity index is 392. The number of alkyl halides is 5. The lowest BCUT2D eigenvalue weighted by Gasteiger charge is -2.09. The van der Waals surface area contributed by atoms with E-state index in [4.69, 9.17) is 0 Å². The molecule has 1 atom stereocenters. The molecule has 0 N–H and O–H groups in total. The van der Waals surface area contributed by atoms with Gasteiger partial charge in [-0.05, 0) is 25.1 Å². The average Bonchev–Trinajstić information content (AvgIpc) is 2.27. The summed E-state index contributed by atoms with van der Waals surface area (Å²) in [6, 6.07) is 2.60. The van der Waals surface area contributed by atoms with Crippen molar-refractivity contribution in [3.63, 3.8) is 0 Å². The Labute approximate surface area is 104 Å². The molecule has 0 amide bonds. The van der Waals surface area contributed by atoms with Gasteiger partial charge in [-0.3, -0.25) is 4.79 Å². The van der Waals surface area contributed by atoms with E-state index in [1.54, 1.807) is 0 Å². The number of hydrogen-bond acceptors (Lipinski definition) is 1. The zero-order valence-corrected chi connectivity index (χ0v) is 10.3. The van der Waals surface area contributed by atoms with E-state index in [0.717, 1.165) is 12.1 Å². The molecule has 0 aliphatic rings. The van der Waals surface area contributed by atoms with Crippen molar-refractivity contribution in [2.24, 2.45) is 0 Å². The lowest BCUT2D eigenvalue weighted by molar-refractivity contribution is 0.0994. The average molecular weight is 313 g/mol. The van der Waals surface area contributed by atoms with E-state index in [1.807, 2.05) is 0 Å². The normalized spacial score (nSPS) is 13.2. The summed E-state index contributed by atoms with van der Waals surface area (Å²) in [4.78, 5) is 10.9. The summed E-state index contributed by atoms with van der Waals surface area (Å²) in [6.45, 7) is 1.50. The van der Waals surface area contributed by atoms with Crippen LogP contribution in [-0.4, -0.2) is 10.6 Å². The molecular weight excluding hydrogens is 304 g/mol. The number of benzene rings is 1. The first-order valence-corrected chi connectivity index (χ1v) is 5.64. The van der Waals surface area contributed by atoms with E-state index in [2.05, 4.69) is 15.9 Å². The number of hydrogen-bond donors (Lipinski definition) is 0. The predicted octanol–water partition coefficient (Wildman–Crippen LogP) is 4.53. The Morgan fingerprint density at radius 3 is 1.76 bits per heavy atom. The van der Waals surface area contributed by atoms with Gasteiger partial charge < -0.3 is 0 Å². The van der Waals surface area contributed by atoms with Crippen LogP contribution in [0.4, 0.5) is 17.6 Å². The highest BCUT2D eigenvalue weighted by Crippen LogP contribution is 2.28. The number of halogens is 5. The highest BCUT2D eigenvalue weighted by atomic mass is 79.9. The lowest BCUT2D eigenvalue weighted by atomic mass is 10.0. The van der Waals surface area contributed by atoms with Gasteiger partial charge in [0.15, 0.2) is 5.78 Å². The van der Waals surface area contributed by atoms with Crippen LogP contribution in [0.5, 0.6) is 0 Å². The van der Waals surface area contributed by atoms with Crippen LogP contribution in [0.2, 0.25) is 0 Å². The van der Waals surface area contributed by atoms with E-state index < -0.39 is 34.6 Å². The molecule has 1 nitrogen and oxygen atoms in total. The molecule has 94 valence electrons. The fourth-order valence-electron chi connectivity index (χ4n) is 1.30. The molecule has 0 saturated carbocycles. The summed E-state index contributed by atoms with van der Waals surface area (Å²) < 4.78 is 49.9.